The predicted molar refractivity (Wildman–Crippen MR) is 129 cm³/mol. The fourth-order valence-corrected chi connectivity index (χ4v) is 3.53. The first-order valence-corrected chi connectivity index (χ1v) is 11.3. The summed E-state index contributed by atoms with van der Waals surface area (Å²) in [4.78, 5) is 37.7. The SMILES string of the molecule is COc1cc(OCC(=O)N(Cc2c(Cl)cccc2Cl)[C@@H](C)C(=O)NCC(C)C)ccc1[N+](=O)[O-]. The van der Waals surface area contributed by atoms with Gasteiger partial charge in [-0.1, -0.05) is 43.1 Å². The van der Waals surface area contributed by atoms with Crippen molar-refractivity contribution in [1.82, 2.24) is 10.2 Å². The molecule has 0 heterocycles. The lowest BCUT2D eigenvalue weighted by atomic mass is 10.1. The molecule has 9 nitrogen and oxygen atoms in total. The molecule has 0 unspecified atom stereocenters. The van der Waals surface area contributed by atoms with Crippen LogP contribution in [0.1, 0.15) is 26.3 Å². The number of amides is 2. The van der Waals surface area contributed by atoms with Crippen molar-refractivity contribution in [2.24, 2.45) is 5.92 Å². The fourth-order valence-electron chi connectivity index (χ4n) is 3.02. The third-order valence-corrected chi connectivity index (χ3v) is 5.66. The van der Waals surface area contributed by atoms with Crippen molar-refractivity contribution < 1.29 is 24.0 Å². The molecule has 0 aromatic heterocycles. The van der Waals surface area contributed by atoms with Gasteiger partial charge in [0.05, 0.1) is 12.0 Å². The Kier molecular flexibility index (Phi) is 9.95. The number of halogens is 2. The smallest absolute Gasteiger partial charge is 0.311 e. The molecule has 2 rings (SSSR count). The molecule has 0 aliphatic heterocycles. The highest BCUT2D eigenvalue weighted by Crippen LogP contribution is 2.31. The van der Waals surface area contributed by atoms with E-state index in [0.717, 1.165) is 0 Å². The number of benzene rings is 2. The summed E-state index contributed by atoms with van der Waals surface area (Å²) in [6.45, 7) is 5.54. The topological polar surface area (TPSA) is 111 Å². The Morgan fingerprint density at radius 3 is 2.35 bits per heavy atom. The molecule has 1 atom stereocenters. The van der Waals surface area contributed by atoms with E-state index in [1.165, 1.54) is 30.2 Å². The zero-order chi connectivity index (χ0) is 25.4. The highest BCUT2D eigenvalue weighted by atomic mass is 35.5. The number of nitrogens with one attached hydrogen (secondary N) is 1. The van der Waals surface area contributed by atoms with E-state index >= 15 is 0 Å². The van der Waals surface area contributed by atoms with E-state index in [2.05, 4.69) is 5.32 Å². The second-order valence-corrected chi connectivity index (χ2v) is 8.73. The zero-order valence-corrected chi connectivity index (χ0v) is 20.9. The van der Waals surface area contributed by atoms with Crippen molar-refractivity contribution in [1.29, 1.82) is 0 Å². The Morgan fingerprint density at radius 1 is 1.15 bits per heavy atom. The molecular formula is C23H27Cl2N3O6. The lowest BCUT2D eigenvalue weighted by Crippen LogP contribution is -2.49. The predicted octanol–water partition coefficient (Wildman–Crippen LogP) is 4.48. The van der Waals surface area contributed by atoms with Gasteiger partial charge in [0.15, 0.2) is 6.61 Å². The van der Waals surface area contributed by atoms with Crippen LogP contribution in [0.4, 0.5) is 5.69 Å². The van der Waals surface area contributed by atoms with Gasteiger partial charge in [-0.05, 0) is 31.0 Å². The number of nitrogens with zero attached hydrogens (tertiary/aromatic N) is 2. The van der Waals surface area contributed by atoms with Crippen LogP contribution in [0.5, 0.6) is 11.5 Å². The summed E-state index contributed by atoms with van der Waals surface area (Å²) in [5, 5.41) is 14.6. The van der Waals surface area contributed by atoms with Gasteiger partial charge in [-0.2, -0.15) is 0 Å². The molecule has 2 amide bonds. The van der Waals surface area contributed by atoms with Gasteiger partial charge in [0.1, 0.15) is 11.8 Å². The summed E-state index contributed by atoms with van der Waals surface area (Å²) in [5.74, 6) is -0.402. The van der Waals surface area contributed by atoms with E-state index in [9.17, 15) is 19.7 Å². The first-order valence-electron chi connectivity index (χ1n) is 10.5. The van der Waals surface area contributed by atoms with Crippen molar-refractivity contribution in [3.8, 4) is 11.5 Å². The van der Waals surface area contributed by atoms with Crippen LogP contribution >= 0.6 is 23.2 Å². The van der Waals surface area contributed by atoms with E-state index in [0.29, 0.717) is 22.2 Å². The van der Waals surface area contributed by atoms with Crippen LogP contribution in [0, 0.1) is 16.0 Å². The number of rotatable bonds is 11. The Labute approximate surface area is 208 Å². The highest BCUT2D eigenvalue weighted by Gasteiger charge is 2.28. The molecule has 2 aromatic carbocycles. The van der Waals surface area contributed by atoms with Crippen LogP contribution in [-0.2, 0) is 16.1 Å². The summed E-state index contributed by atoms with van der Waals surface area (Å²) in [6, 6.07) is 8.05. The minimum Gasteiger partial charge on any atom is -0.490 e. The quantitative estimate of drug-likeness (QED) is 0.351. The summed E-state index contributed by atoms with van der Waals surface area (Å²) in [7, 11) is 1.30. The molecule has 0 radical (unpaired) electrons. The maximum atomic E-state index is 13.2. The molecule has 0 saturated heterocycles. The highest BCUT2D eigenvalue weighted by molar-refractivity contribution is 6.36. The number of methoxy groups -OCH3 is 1. The summed E-state index contributed by atoms with van der Waals surface area (Å²) >= 11 is 12.6. The second kappa shape index (κ2) is 12.4. The molecule has 0 saturated carbocycles. The number of nitro groups is 1. The molecule has 0 aliphatic rings. The average Bonchev–Trinajstić information content (AvgIpc) is 2.80. The van der Waals surface area contributed by atoms with Crippen LogP contribution in [0.3, 0.4) is 0 Å². The van der Waals surface area contributed by atoms with Gasteiger partial charge in [-0.3, -0.25) is 19.7 Å². The Morgan fingerprint density at radius 2 is 1.79 bits per heavy atom. The first-order chi connectivity index (χ1) is 16.0. The molecule has 0 bridgehead atoms. The molecule has 0 spiro atoms. The lowest BCUT2D eigenvalue weighted by Gasteiger charge is -2.29. The van der Waals surface area contributed by atoms with Gasteiger partial charge in [0, 0.05) is 40.8 Å². The minimum atomic E-state index is -0.839. The number of carbonyl (C=O) groups is 2. The molecule has 1 N–H and O–H groups in total. The summed E-state index contributed by atoms with van der Waals surface area (Å²) in [6.07, 6.45) is 0. The fraction of sp³-hybridized carbons (Fsp3) is 0.391. The molecule has 34 heavy (non-hydrogen) atoms. The van der Waals surface area contributed by atoms with Gasteiger partial charge in [0.2, 0.25) is 11.7 Å². The maximum absolute atomic E-state index is 13.2. The van der Waals surface area contributed by atoms with Crippen molar-refractivity contribution in [2.75, 3.05) is 20.3 Å². The third-order valence-electron chi connectivity index (χ3n) is 4.95. The number of carbonyl (C=O) groups excluding carboxylic acids is 2. The Bertz CT molecular complexity index is 1030. The monoisotopic (exact) mass is 511 g/mol. The molecule has 2 aromatic rings. The van der Waals surface area contributed by atoms with Crippen molar-refractivity contribution in [3.05, 3.63) is 62.1 Å². The minimum absolute atomic E-state index is 0.00362. The van der Waals surface area contributed by atoms with E-state index < -0.39 is 23.5 Å². The maximum Gasteiger partial charge on any atom is 0.311 e. The van der Waals surface area contributed by atoms with Crippen molar-refractivity contribution in [3.63, 3.8) is 0 Å². The van der Waals surface area contributed by atoms with Gasteiger partial charge >= 0.3 is 5.69 Å². The second-order valence-electron chi connectivity index (χ2n) is 7.92. The van der Waals surface area contributed by atoms with E-state index in [4.69, 9.17) is 32.7 Å². The van der Waals surface area contributed by atoms with Crippen molar-refractivity contribution >= 4 is 40.7 Å². The van der Waals surface area contributed by atoms with Crippen LogP contribution in [0.2, 0.25) is 10.0 Å². The third kappa shape index (κ3) is 7.23. The number of hydrogen-bond acceptors (Lipinski definition) is 6. The van der Waals surface area contributed by atoms with Crippen LogP contribution in [-0.4, -0.2) is 47.9 Å². The number of nitro benzene ring substituents is 1. The van der Waals surface area contributed by atoms with E-state index in [1.807, 2.05) is 13.8 Å². The van der Waals surface area contributed by atoms with Crippen LogP contribution in [0.25, 0.3) is 0 Å². The number of hydrogen-bond donors (Lipinski definition) is 1. The Balaban J connectivity index is 2.24. The summed E-state index contributed by atoms with van der Waals surface area (Å²) < 4.78 is 10.6. The first kappa shape index (κ1) is 27.2. The van der Waals surface area contributed by atoms with Gasteiger partial charge in [-0.15, -0.1) is 0 Å². The molecule has 0 aliphatic carbocycles. The Hall–Kier alpha value is -3.04. The van der Waals surface area contributed by atoms with Gasteiger partial charge in [0.25, 0.3) is 5.91 Å². The summed E-state index contributed by atoms with van der Waals surface area (Å²) in [5.41, 5.74) is 0.270. The molecule has 0 fully saturated rings. The number of ether oxygens (including phenoxy) is 2. The van der Waals surface area contributed by atoms with Crippen LogP contribution in [0.15, 0.2) is 36.4 Å². The largest absolute Gasteiger partial charge is 0.490 e. The zero-order valence-electron chi connectivity index (χ0n) is 19.3. The van der Waals surface area contributed by atoms with Crippen LogP contribution < -0.4 is 14.8 Å². The van der Waals surface area contributed by atoms with E-state index in [-0.39, 0.29) is 35.6 Å². The normalized spacial score (nSPS) is 11.6. The standard InChI is InChI=1S/C23H27Cl2N3O6/c1-14(2)11-26-23(30)15(3)27(12-17-18(24)6-5-7-19(17)25)22(29)13-34-16-8-9-20(28(31)32)21(10-16)33-4/h5-10,14-15H,11-13H2,1-4H3,(H,26,30)/t15-/m0/s1. The molecule has 11 heteroatoms. The average molecular weight is 512 g/mol. The van der Waals surface area contributed by atoms with Gasteiger partial charge in [-0.25, -0.2) is 0 Å². The van der Waals surface area contributed by atoms with E-state index in [1.54, 1.807) is 25.1 Å². The molecular weight excluding hydrogens is 485 g/mol. The van der Waals surface area contributed by atoms with Gasteiger partial charge < -0.3 is 19.7 Å². The molecule has 184 valence electrons. The van der Waals surface area contributed by atoms with Crippen molar-refractivity contribution in [2.45, 2.75) is 33.4 Å². The lowest BCUT2D eigenvalue weighted by molar-refractivity contribution is -0.385.